The van der Waals surface area contributed by atoms with Gasteiger partial charge in [0.25, 0.3) is 0 Å². The number of hydrogen-bond acceptors (Lipinski definition) is 8. The summed E-state index contributed by atoms with van der Waals surface area (Å²) in [6.07, 6.45) is 0. The molecule has 10 nitrogen and oxygen atoms in total. The van der Waals surface area contributed by atoms with E-state index in [1.807, 2.05) is 37.3 Å². The second kappa shape index (κ2) is 10.5. The first-order valence-electron chi connectivity index (χ1n) is 11.4. The van der Waals surface area contributed by atoms with Crippen molar-refractivity contribution in [3.63, 3.8) is 0 Å². The summed E-state index contributed by atoms with van der Waals surface area (Å²) in [4.78, 5) is 21.4. The maximum absolute atomic E-state index is 12.9. The van der Waals surface area contributed by atoms with Gasteiger partial charge in [-0.25, -0.2) is 8.42 Å². The Labute approximate surface area is 204 Å². The monoisotopic (exact) mass is 499 g/mol. The van der Waals surface area contributed by atoms with Gasteiger partial charge in [-0.05, 0) is 38.1 Å². The van der Waals surface area contributed by atoms with Gasteiger partial charge in [-0.3, -0.25) is 9.69 Å². The summed E-state index contributed by atoms with van der Waals surface area (Å²) >= 11 is 0. The molecule has 0 saturated carbocycles. The van der Waals surface area contributed by atoms with Gasteiger partial charge in [0.05, 0.1) is 24.1 Å². The first-order valence-corrected chi connectivity index (χ1v) is 12.8. The van der Waals surface area contributed by atoms with Crippen molar-refractivity contribution in [1.29, 1.82) is 0 Å². The third-order valence-corrected chi connectivity index (χ3v) is 7.63. The van der Waals surface area contributed by atoms with E-state index in [2.05, 4.69) is 19.8 Å². The summed E-state index contributed by atoms with van der Waals surface area (Å²) in [7, 11) is -2.33. The zero-order valence-electron chi connectivity index (χ0n) is 19.9. The molecule has 1 aromatic heterocycles. The van der Waals surface area contributed by atoms with Crippen molar-refractivity contribution in [1.82, 2.24) is 24.7 Å². The number of nitrogens with one attached hydrogen (secondary N) is 1. The fourth-order valence-electron chi connectivity index (χ4n) is 3.98. The van der Waals surface area contributed by atoms with Crippen LogP contribution in [0.15, 0.2) is 64.0 Å². The van der Waals surface area contributed by atoms with E-state index in [4.69, 9.17) is 9.26 Å². The Morgan fingerprint density at radius 2 is 1.69 bits per heavy atom. The van der Waals surface area contributed by atoms with E-state index < -0.39 is 16.1 Å². The van der Waals surface area contributed by atoms with Crippen LogP contribution in [0.5, 0.6) is 5.75 Å². The average Bonchev–Trinajstić information content (AvgIpc) is 3.38. The number of carbonyl (C=O) groups is 1. The number of carbonyl (C=O) groups excluding carboxylic acids is 1. The number of nitrogens with zero attached hydrogens (tertiary/aromatic N) is 4. The van der Waals surface area contributed by atoms with E-state index in [0.717, 1.165) is 5.56 Å². The first-order chi connectivity index (χ1) is 16.8. The van der Waals surface area contributed by atoms with Gasteiger partial charge in [0.15, 0.2) is 0 Å². The van der Waals surface area contributed by atoms with Crippen molar-refractivity contribution < 1.29 is 22.5 Å². The van der Waals surface area contributed by atoms with Gasteiger partial charge in [-0.15, -0.1) is 0 Å². The molecule has 0 radical (unpaired) electrons. The third-order valence-electron chi connectivity index (χ3n) is 6.08. The summed E-state index contributed by atoms with van der Waals surface area (Å²) in [6.45, 7) is 5.70. The molecule has 1 aliphatic rings. The number of piperazine rings is 1. The van der Waals surface area contributed by atoms with E-state index >= 15 is 0 Å². The van der Waals surface area contributed by atoms with Gasteiger partial charge in [-0.1, -0.05) is 35.5 Å². The Hall–Kier alpha value is -3.28. The SMILES string of the molecule is COc1ccc(S(=O)(=O)N[C@@H](C)C(=O)N2CCN(C(C)c3nc(-c4ccccc4)no3)CC2)cc1. The van der Waals surface area contributed by atoms with E-state index in [9.17, 15) is 13.2 Å². The van der Waals surface area contributed by atoms with Crippen LogP contribution in [0.4, 0.5) is 0 Å². The molecule has 0 spiro atoms. The molecule has 2 heterocycles. The quantitative estimate of drug-likeness (QED) is 0.502. The van der Waals surface area contributed by atoms with E-state index in [-0.39, 0.29) is 16.8 Å². The molecule has 2 atom stereocenters. The molecule has 1 saturated heterocycles. The van der Waals surface area contributed by atoms with Gasteiger partial charge in [0, 0.05) is 31.7 Å². The molecule has 0 aliphatic carbocycles. The number of methoxy groups -OCH3 is 1. The molecule has 35 heavy (non-hydrogen) atoms. The molecule has 1 N–H and O–H groups in total. The summed E-state index contributed by atoms with van der Waals surface area (Å²) in [5.41, 5.74) is 0.885. The van der Waals surface area contributed by atoms with E-state index in [1.165, 1.54) is 19.2 Å². The molecule has 11 heteroatoms. The van der Waals surface area contributed by atoms with Crippen molar-refractivity contribution in [2.45, 2.75) is 30.8 Å². The van der Waals surface area contributed by atoms with Crippen LogP contribution in [0.3, 0.4) is 0 Å². The van der Waals surface area contributed by atoms with Gasteiger partial charge in [-0.2, -0.15) is 9.71 Å². The molecular weight excluding hydrogens is 470 g/mol. The highest BCUT2D eigenvalue weighted by molar-refractivity contribution is 7.89. The maximum atomic E-state index is 12.9. The van der Waals surface area contributed by atoms with Crippen molar-refractivity contribution >= 4 is 15.9 Å². The normalized spacial score (nSPS) is 16.6. The van der Waals surface area contributed by atoms with Crippen molar-refractivity contribution in [3.8, 4) is 17.1 Å². The molecule has 1 aliphatic heterocycles. The summed E-state index contributed by atoms with van der Waals surface area (Å²) in [5.74, 6) is 1.35. The first kappa shape index (κ1) is 24.8. The zero-order valence-corrected chi connectivity index (χ0v) is 20.7. The minimum atomic E-state index is -3.84. The maximum Gasteiger partial charge on any atom is 0.244 e. The highest BCUT2D eigenvalue weighted by Crippen LogP contribution is 2.23. The molecule has 1 unspecified atom stereocenters. The molecule has 3 aromatic rings. The van der Waals surface area contributed by atoms with Crippen LogP contribution in [0.25, 0.3) is 11.4 Å². The number of benzene rings is 2. The molecule has 0 bridgehead atoms. The summed E-state index contributed by atoms with van der Waals surface area (Å²) < 4.78 is 38.4. The predicted molar refractivity (Wildman–Crippen MR) is 129 cm³/mol. The van der Waals surface area contributed by atoms with Crippen molar-refractivity contribution in [2.75, 3.05) is 33.3 Å². The smallest absolute Gasteiger partial charge is 0.244 e. The average molecular weight is 500 g/mol. The van der Waals surface area contributed by atoms with Crippen LogP contribution in [0.1, 0.15) is 25.8 Å². The predicted octanol–water partition coefficient (Wildman–Crippen LogP) is 2.32. The Bertz CT molecular complexity index is 1240. The second-order valence-corrected chi connectivity index (χ2v) is 10.1. The van der Waals surface area contributed by atoms with Gasteiger partial charge in [0.2, 0.25) is 27.6 Å². The molecular formula is C24H29N5O5S. The Balaban J connectivity index is 1.32. The Kier molecular flexibility index (Phi) is 7.48. The number of sulfonamides is 1. The Morgan fingerprint density at radius 1 is 1.03 bits per heavy atom. The topological polar surface area (TPSA) is 118 Å². The Morgan fingerprint density at radius 3 is 2.31 bits per heavy atom. The lowest BCUT2D eigenvalue weighted by Crippen LogP contribution is -2.54. The molecule has 1 amide bonds. The fraction of sp³-hybridized carbons (Fsp3) is 0.375. The number of ether oxygens (including phenoxy) is 1. The van der Waals surface area contributed by atoms with Crippen LogP contribution in [-0.4, -0.2) is 73.6 Å². The van der Waals surface area contributed by atoms with Crippen LogP contribution in [-0.2, 0) is 14.8 Å². The van der Waals surface area contributed by atoms with Crippen molar-refractivity contribution in [3.05, 3.63) is 60.5 Å². The largest absolute Gasteiger partial charge is 0.497 e. The lowest BCUT2D eigenvalue weighted by atomic mass is 10.2. The molecule has 2 aromatic carbocycles. The second-order valence-electron chi connectivity index (χ2n) is 8.38. The lowest BCUT2D eigenvalue weighted by Gasteiger charge is -2.37. The summed E-state index contributed by atoms with van der Waals surface area (Å²) in [6, 6.07) is 14.6. The van der Waals surface area contributed by atoms with Gasteiger partial charge in [0.1, 0.15) is 5.75 Å². The zero-order chi connectivity index (χ0) is 25.0. The van der Waals surface area contributed by atoms with Crippen LogP contribution >= 0.6 is 0 Å². The van der Waals surface area contributed by atoms with Crippen LogP contribution < -0.4 is 9.46 Å². The number of rotatable bonds is 8. The lowest BCUT2D eigenvalue weighted by molar-refractivity contribution is -0.134. The van der Waals surface area contributed by atoms with Crippen LogP contribution in [0.2, 0.25) is 0 Å². The standard InChI is InChI=1S/C24H29N5O5S/c1-17(27-35(31,32)21-11-9-20(33-3)10-12-21)24(30)29-15-13-28(14-16-29)18(2)23-25-22(26-34-23)19-7-5-4-6-8-19/h4-12,17-18,27H,13-16H2,1-3H3/t17-,18?/m0/s1. The number of amides is 1. The highest BCUT2D eigenvalue weighted by atomic mass is 32.2. The number of aromatic nitrogens is 2. The molecule has 186 valence electrons. The summed E-state index contributed by atoms with van der Waals surface area (Å²) in [5, 5.41) is 4.09. The highest BCUT2D eigenvalue weighted by Gasteiger charge is 2.31. The van der Waals surface area contributed by atoms with Crippen molar-refractivity contribution in [2.24, 2.45) is 0 Å². The van der Waals surface area contributed by atoms with Crippen LogP contribution in [0, 0.1) is 0 Å². The van der Waals surface area contributed by atoms with Gasteiger partial charge < -0.3 is 14.2 Å². The molecule has 1 fully saturated rings. The minimum Gasteiger partial charge on any atom is -0.497 e. The number of hydrogen-bond donors (Lipinski definition) is 1. The minimum absolute atomic E-state index is 0.0750. The fourth-order valence-corrected chi connectivity index (χ4v) is 5.17. The molecule has 4 rings (SSSR count). The van der Waals surface area contributed by atoms with E-state index in [0.29, 0.717) is 43.6 Å². The van der Waals surface area contributed by atoms with E-state index in [1.54, 1.807) is 24.0 Å². The van der Waals surface area contributed by atoms with Gasteiger partial charge >= 0.3 is 0 Å². The third kappa shape index (κ3) is 5.69.